The third-order valence-corrected chi connectivity index (χ3v) is 3.69. The minimum absolute atomic E-state index is 0.344. The summed E-state index contributed by atoms with van der Waals surface area (Å²) in [5.74, 6) is -2.30. The molecule has 1 aromatic carbocycles. The molecule has 0 spiro atoms. The van der Waals surface area contributed by atoms with Gasteiger partial charge < -0.3 is 10.1 Å². The molecule has 0 aliphatic heterocycles. The van der Waals surface area contributed by atoms with E-state index in [4.69, 9.17) is 4.74 Å². The number of hydrogen-bond acceptors (Lipinski definition) is 6. The monoisotopic (exact) mass is 338 g/mol. The van der Waals surface area contributed by atoms with Crippen molar-refractivity contribution in [1.29, 1.82) is 0 Å². The van der Waals surface area contributed by atoms with Gasteiger partial charge in [0.05, 0.1) is 10.6 Å². The number of aryl methyl sites for hydroxylation is 1. The number of thiophene rings is 1. The maximum atomic E-state index is 13.5. The van der Waals surface area contributed by atoms with Crippen molar-refractivity contribution in [3.8, 4) is 0 Å². The molecular weight excluding hydrogens is 327 g/mol. The summed E-state index contributed by atoms with van der Waals surface area (Å²) in [5, 5.41) is 12.8. The van der Waals surface area contributed by atoms with E-state index in [0.29, 0.717) is 4.88 Å². The lowest BCUT2D eigenvalue weighted by atomic mass is 10.2. The molecule has 0 radical (unpaired) electrons. The minimum atomic E-state index is -0.829. The van der Waals surface area contributed by atoms with Gasteiger partial charge in [0.15, 0.2) is 6.61 Å². The van der Waals surface area contributed by atoms with Crippen LogP contribution >= 0.6 is 11.3 Å². The SMILES string of the molecule is Cc1ccc(C(=O)OCC(=O)Nc2cc([N+](=O)[O-])ccc2F)s1. The van der Waals surface area contributed by atoms with E-state index in [0.717, 1.165) is 23.1 Å². The number of nitro benzene ring substituents is 1. The van der Waals surface area contributed by atoms with Gasteiger partial charge in [-0.05, 0) is 25.1 Å². The van der Waals surface area contributed by atoms with Gasteiger partial charge in [0.2, 0.25) is 0 Å². The Bertz CT molecular complexity index is 774. The summed E-state index contributed by atoms with van der Waals surface area (Å²) in [4.78, 5) is 34.5. The molecule has 23 heavy (non-hydrogen) atoms. The van der Waals surface area contributed by atoms with Crippen LogP contribution < -0.4 is 5.32 Å². The molecule has 0 unspecified atom stereocenters. The van der Waals surface area contributed by atoms with E-state index >= 15 is 0 Å². The zero-order chi connectivity index (χ0) is 17.0. The van der Waals surface area contributed by atoms with Gasteiger partial charge in [-0.15, -0.1) is 11.3 Å². The van der Waals surface area contributed by atoms with E-state index in [-0.39, 0.29) is 11.4 Å². The van der Waals surface area contributed by atoms with Crippen LogP contribution in [0.4, 0.5) is 15.8 Å². The zero-order valence-electron chi connectivity index (χ0n) is 11.9. The Kier molecular flexibility index (Phi) is 5.02. The lowest BCUT2D eigenvalue weighted by Gasteiger charge is -2.06. The Morgan fingerprint density at radius 1 is 1.35 bits per heavy atom. The van der Waals surface area contributed by atoms with Crippen LogP contribution in [-0.4, -0.2) is 23.4 Å². The summed E-state index contributed by atoms with van der Waals surface area (Å²) < 4.78 is 18.3. The van der Waals surface area contributed by atoms with Gasteiger partial charge in [-0.25, -0.2) is 9.18 Å². The highest BCUT2D eigenvalue weighted by atomic mass is 32.1. The van der Waals surface area contributed by atoms with Crippen molar-refractivity contribution in [2.45, 2.75) is 6.92 Å². The average Bonchev–Trinajstić information content (AvgIpc) is 2.93. The number of carbonyl (C=O) groups excluding carboxylic acids is 2. The predicted octanol–water partition coefficient (Wildman–Crippen LogP) is 2.90. The molecule has 1 amide bonds. The van der Waals surface area contributed by atoms with Crippen molar-refractivity contribution >= 4 is 34.6 Å². The molecule has 0 saturated heterocycles. The number of ether oxygens (including phenoxy) is 1. The smallest absolute Gasteiger partial charge is 0.348 e. The molecule has 2 rings (SSSR count). The Hall–Kier alpha value is -2.81. The number of nitro groups is 1. The number of rotatable bonds is 5. The van der Waals surface area contributed by atoms with Gasteiger partial charge in [-0.3, -0.25) is 14.9 Å². The van der Waals surface area contributed by atoms with Crippen molar-refractivity contribution < 1.29 is 23.6 Å². The van der Waals surface area contributed by atoms with E-state index in [9.17, 15) is 24.1 Å². The van der Waals surface area contributed by atoms with Crippen LogP contribution in [0.2, 0.25) is 0 Å². The van der Waals surface area contributed by atoms with Gasteiger partial charge >= 0.3 is 5.97 Å². The summed E-state index contributed by atoms with van der Waals surface area (Å²) in [5.41, 5.74) is -0.722. The van der Waals surface area contributed by atoms with Crippen molar-refractivity contribution in [1.82, 2.24) is 0 Å². The molecule has 1 N–H and O–H groups in total. The van der Waals surface area contributed by atoms with Crippen LogP contribution in [0.3, 0.4) is 0 Å². The normalized spacial score (nSPS) is 10.2. The van der Waals surface area contributed by atoms with Crippen molar-refractivity contribution in [2.24, 2.45) is 0 Å². The highest BCUT2D eigenvalue weighted by Gasteiger charge is 2.15. The molecule has 0 aliphatic rings. The first-order valence-corrected chi connectivity index (χ1v) is 7.16. The van der Waals surface area contributed by atoms with Crippen molar-refractivity contribution in [3.63, 3.8) is 0 Å². The average molecular weight is 338 g/mol. The maximum absolute atomic E-state index is 13.5. The second-order valence-corrected chi connectivity index (χ2v) is 5.74. The summed E-state index contributed by atoms with van der Waals surface area (Å²) in [7, 11) is 0. The fourth-order valence-electron chi connectivity index (χ4n) is 1.66. The molecule has 0 fully saturated rings. The third kappa shape index (κ3) is 4.33. The molecule has 9 heteroatoms. The lowest BCUT2D eigenvalue weighted by molar-refractivity contribution is -0.384. The Morgan fingerprint density at radius 3 is 2.70 bits per heavy atom. The molecule has 0 saturated carbocycles. The highest BCUT2D eigenvalue weighted by molar-refractivity contribution is 7.13. The first kappa shape index (κ1) is 16.6. The predicted molar refractivity (Wildman–Crippen MR) is 81.0 cm³/mol. The number of amides is 1. The number of nitrogens with zero attached hydrogens (tertiary/aromatic N) is 1. The number of hydrogen-bond donors (Lipinski definition) is 1. The molecule has 120 valence electrons. The number of nitrogens with one attached hydrogen (secondary N) is 1. The lowest BCUT2D eigenvalue weighted by Crippen LogP contribution is -2.21. The van der Waals surface area contributed by atoms with Gasteiger partial charge in [0.1, 0.15) is 10.7 Å². The molecule has 7 nitrogen and oxygen atoms in total. The molecule has 1 heterocycles. The summed E-state index contributed by atoms with van der Waals surface area (Å²) in [6, 6.07) is 6.04. The molecule has 0 aliphatic carbocycles. The first-order valence-electron chi connectivity index (χ1n) is 6.34. The quantitative estimate of drug-likeness (QED) is 0.513. The van der Waals surface area contributed by atoms with Crippen LogP contribution in [0.25, 0.3) is 0 Å². The Balaban J connectivity index is 1.96. The second kappa shape index (κ2) is 6.97. The molecule has 2 aromatic rings. The zero-order valence-corrected chi connectivity index (χ0v) is 12.7. The van der Waals surface area contributed by atoms with Gasteiger partial charge in [0.25, 0.3) is 11.6 Å². The number of carbonyl (C=O) groups is 2. The summed E-state index contributed by atoms with van der Waals surface area (Å²) in [6.07, 6.45) is 0. The van der Waals surface area contributed by atoms with Gasteiger partial charge in [0, 0.05) is 17.0 Å². The van der Waals surface area contributed by atoms with Crippen LogP contribution in [0, 0.1) is 22.9 Å². The van der Waals surface area contributed by atoms with E-state index < -0.39 is 29.2 Å². The van der Waals surface area contributed by atoms with Crippen LogP contribution in [0.15, 0.2) is 30.3 Å². The molecule has 1 aromatic heterocycles. The number of anilines is 1. The van der Waals surface area contributed by atoms with E-state index in [1.807, 2.05) is 6.92 Å². The van der Waals surface area contributed by atoms with Crippen LogP contribution in [0.5, 0.6) is 0 Å². The summed E-state index contributed by atoms with van der Waals surface area (Å²) in [6.45, 7) is 1.19. The van der Waals surface area contributed by atoms with E-state index in [1.54, 1.807) is 12.1 Å². The maximum Gasteiger partial charge on any atom is 0.348 e. The fourth-order valence-corrected chi connectivity index (χ4v) is 2.42. The van der Waals surface area contributed by atoms with Crippen LogP contribution in [0.1, 0.15) is 14.5 Å². The highest BCUT2D eigenvalue weighted by Crippen LogP contribution is 2.21. The standard InChI is InChI=1S/C14H11FN2O5S/c1-8-2-5-12(23-8)14(19)22-7-13(18)16-11-6-9(17(20)21)3-4-10(11)15/h2-6H,7H2,1H3,(H,16,18). The third-order valence-electron chi connectivity index (χ3n) is 2.71. The van der Waals surface area contributed by atoms with E-state index in [2.05, 4.69) is 5.32 Å². The minimum Gasteiger partial charge on any atom is -0.451 e. The Labute approximate surface area is 133 Å². The number of non-ortho nitro benzene ring substituents is 1. The molecule has 0 bridgehead atoms. The topological polar surface area (TPSA) is 98.5 Å². The second-order valence-electron chi connectivity index (χ2n) is 4.46. The van der Waals surface area contributed by atoms with Gasteiger partial charge in [-0.2, -0.15) is 0 Å². The molecular formula is C14H11FN2O5S. The van der Waals surface area contributed by atoms with Crippen LogP contribution in [-0.2, 0) is 9.53 Å². The van der Waals surface area contributed by atoms with Crippen molar-refractivity contribution in [3.05, 3.63) is 56.0 Å². The van der Waals surface area contributed by atoms with Gasteiger partial charge in [-0.1, -0.05) is 0 Å². The van der Waals surface area contributed by atoms with E-state index in [1.165, 1.54) is 11.3 Å². The number of halogens is 1. The fraction of sp³-hybridized carbons (Fsp3) is 0.143. The first-order chi connectivity index (χ1) is 10.9. The number of esters is 1. The number of benzene rings is 1. The summed E-state index contributed by atoms with van der Waals surface area (Å²) >= 11 is 1.22. The molecule has 0 atom stereocenters. The largest absolute Gasteiger partial charge is 0.451 e. The Morgan fingerprint density at radius 2 is 2.09 bits per heavy atom. The van der Waals surface area contributed by atoms with Crippen molar-refractivity contribution in [2.75, 3.05) is 11.9 Å².